The van der Waals surface area contributed by atoms with Crippen molar-refractivity contribution in [3.63, 3.8) is 0 Å². The Kier molecular flexibility index (Phi) is 2.48. The molecule has 0 rings (SSSR count). The van der Waals surface area contributed by atoms with Gasteiger partial charge in [-0.15, -0.1) is 0 Å². The molecule has 50 valence electrons. The van der Waals surface area contributed by atoms with Gasteiger partial charge in [-0.2, -0.15) is 0 Å². The van der Waals surface area contributed by atoms with Gasteiger partial charge in [0.2, 0.25) is 0 Å². The second-order valence-corrected chi connectivity index (χ2v) is 3.09. The van der Waals surface area contributed by atoms with E-state index in [0.717, 1.165) is 0 Å². The topological polar surface area (TPSA) is 9.23 Å². The molecule has 1 atom stereocenters. The van der Waals surface area contributed by atoms with Crippen molar-refractivity contribution >= 4 is 0 Å². The minimum atomic E-state index is 0.0995. The zero-order valence-corrected chi connectivity index (χ0v) is 6.19. The first kappa shape index (κ1) is 7.96. The molecule has 0 aliphatic carbocycles. The maximum Gasteiger partial charge on any atom is 0.0323 e. The molecule has 0 heterocycles. The summed E-state index contributed by atoms with van der Waals surface area (Å²) in [6.07, 6.45) is 0.0995. The van der Waals surface area contributed by atoms with E-state index in [1.807, 2.05) is 0 Å². The maximum atomic E-state index is 5.00. The van der Waals surface area contributed by atoms with Crippen molar-refractivity contribution in [3.8, 4) is 0 Å². The molecule has 0 amide bonds. The zero-order chi connectivity index (χ0) is 6.78. The molecule has 0 aromatic heterocycles. The van der Waals surface area contributed by atoms with E-state index < -0.39 is 0 Å². The van der Waals surface area contributed by atoms with E-state index in [4.69, 9.17) is 4.74 Å². The van der Waals surface area contributed by atoms with E-state index >= 15 is 0 Å². The molecular weight excluding hydrogens is 100 g/mol. The maximum absolute atomic E-state index is 5.00. The summed E-state index contributed by atoms with van der Waals surface area (Å²) in [6.45, 7) is 10.1. The van der Waals surface area contributed by atoms with Gasteiger partial charge in [0.05, 0.1) is 0 Å². The molecule has 0 saturated heterocycles. The lowest BCUT2D eigenvalue weighted by Gasteiger charge is -2.31. The van der Waals surface area contributed by atoms with Crippen LogP contribution in [0.25, 0.3) is 0 Å². The summed E-state index contributed by atoms with van der Waals surface area (Å²) in [5.41, 5.74) is 0.175. The fraction of sp³-hybridized carbons (Fsp3) is 0.857. The van der Waals surface area contributed by atoms with Gasteiger partial charge < -0.3 is 11.7 Å². The number of ether oxygens (including phenoxy) is 1. The second kappa shape index (κ2) is 2.49. The second-order valence-electron chi connectivity index (χ2n) is 3.09. The predicted octanol–water partition coefficient (Wildman–Crippen LogP) is 1.88. The minimum absolute atomic E-state index is 0.0995. The van der Waals surface area contributed by atoms with Crippen LogP contribution in [0.1, 0.15) is 20.8 Å². The molecular formula is C7H15O-. The summed E-state index contributed by atoms with van der Waals surface area (Å²) < 4.78 is 5.00. The van der Waals surface area contributed by atoms with Crippen molar-refractivity contribution in [2.75, 3.05) is 7.11 Å². The molecule has 0 bridgehead atoms. The highest BCUT2D eigenvalue weighted by atomic mass is 16.5. The fourth-order valence-electron chi connectivity index (χ4n) is 0.354. The van der Waals surface area contributed by atoms with E-state index in [2.05, 4.69) is 27.7 Å². The van der Waals surface area contributed by atoms with Gasteiger partial charge in [0.15, 0.2) is 0 Å². The van der Waals surface area contributed by atoms with Crippen molar-refractivity contribution in [2.24, 2.45) is 5.41 Å². The van der Waals surface area contributed by atoms with Gasteiger partial charge in [0, 0.05) is 7.11 Å². The molecule has 0 radical (unpaired) electrons. The van der Waals surface area contributed by atoms with Crippen LogP contribution in [0.15, 0.2) is 0 Å². The van der Waals surface area contributed by atoms with Crippen LogP contribution in [0.5, 0.6) is 0 Å². The third-order valence-electron chi connectivity index (χ3n) is 1.25. The lowest BCUT2D eigenvalue weighted by atomic mass is 9.90. The van der Waals surface area contributed by atoms with Crippen LogP contribution in [0.3, 0.4) is 0 Å². The number of hydrogen-bond acceptors (Lipinski definition) is 1. The van der Waals surface area contributed by atoms with E-state index in [1.54, 1.807) is 7.11 Å². The molecule has 0 aliphatic heterocycles. The van der Waals surface area contributed by atoms with Crippen LogP contribution in [0.4, 0.5) is 0 Å². The van der Waals surface area contributed by atoms with Crippen LogP contribution in [-0.2, 0) is 4.74 Å². The van der Waals surface area contributed by atoms with Crippen LogP contribution in [-0.4, -0.2) is 13.2 Å². The first-order valence-electron chi connectivity index (χ1n) is 2.84. The summed E-state index contributed by atoms with van der Waals surface area (Å²) in [6, 6.07) is 0. The van der Waals surface area contributed by atoms with Crippen LogP contribution in [0.2, 0.25) is 0 Å². The van der Waals surface area contributed by atoms with Crippen LogP contribution >= 0.6 is 0 Å². The Morgan fingerprint density at radius 1 is 1.38 bits per heavy atom. The Bertz CT molecular complexity index is 61.3. The number of methoxy groups -OCH3 is 1. The molecule has 1 nitrogen and oxygen atoms in total. The average molecular weight is 115 g/mol. The van der Waals surface area contributed by atoms with Crippen molar-refractivity contribution in [3.05, 3.63) is 6.92 Å². The molecule has 0 spiro atoms. The van der Waals surface area contributed by atoms with Gasteiger partial charge in [-0.25, -0.2) is 0 Å². The molecule has 8 heavy (non-hydrogen) atoms. The van der Waals surface area contributed by atoms with Crippen LogP contribution in [0, 0.1) is 12.3 Å². The van der Waals surface area contributed by atoms with Crippen molar-refractivity contribution in [1.82, 2.24) is 0 Å². The van der Waals surface area contributed by atoms with E-state index in [-0.39, 0.29) is 11.5 Å². The van der Waals surface area contributed by atoms with Gasteiger partial charge in [-0.3, -0.25) is 0 Å². The summed E-state index contributed by atoms with van der Waals surface area (Å²) in [7, 11) is 1.68. The van der Waals surface area contributed by atoms with Gasteiger partial charge >= 0.3 is 0 Å². The molecule has 0 saturated carbocycles. The van der Waals surface area contributed by atoms with E-state index in [9.17, 15) is 0 Å². The van der Waals surface area contributed by atoms with E-state index in [1.165, 1.54) is 0 Å². The first-order valence-corrected chi connectivity index (χ1v) is 2.84. The Labute approximate surface area is 52.0 Å². The zero-order valence-electron chi connectivity index (χ0n) is 6.19. The third-order valence-corrected chi connectivity index (χ3v) is 1.25. The van der Waals surface area contributed by atoms with Gasteiger partial charge in [0.25, 0.3) is 0 Å². The van der Waals surface area contributed by atoms with Crippen molar-refractivity contribution in [1.29, 1.82) is 0 Å². The Morgan fingerprint density at radius 2 is 1.75 bits per heavy atom. The molecule has 0 fully saturated rings. The van der Waals surface area contributed by atoms with Crippen molar-refractivity contribution < 1.29 is 4.74 Å². The molecule has 0 aromatic carbocycles. The van der Waals surface area contributed by atoms with Crippen LogP contribution < -0.4 is 0 Å². The predicted molar refractivity (Wildman–Crippen MR) is 35.6 cm³/mol. The van der Waals surface area contributed by atoms with Crippen molar-refractivity contribution in [2.45, 2.75) is 26.9 Å². The standard InChI is InChI=1S/C7H15O/c1-6(8-5)7(2,3)4/h6H,1H2,2-5H3/q-1. The summed E-state index contributed by atoms with van der Waals surface area (Å²) >= 11 is 0. The quantitative estimate of drug-likeness (QED) is 0.474. The lowest BCUT2D eigenvalue weighted by molar-refractivity contribution is 0.0513. The smallest absolute Gasteiger partial charge is 0.0323 e. The molecule has 1 unspecified atom stereocenters. The first-order chi connectivity index (χ1) is 3.48. The highest BCUT2D eigenvalue weighted by Gasteiger charge is 2.12. The molecule has 0 aliphatic rings. The van der Waals surface area contributed by atoms with Gasteiger partial charge in [-0.1, -0.05) is 26.9 Å². The number of hydrogen-bond donors (Lipinski definition) is 0. The summed E-state index contributed by atoms with van der Waals surface area (Å²) in [4.78, 5) is 0. The van der Waals surface area contributed by atoms with E-state index in [0.29, 0.717) is 0 Å². The molecule has 1 heteroatoms. The Morgan fingerprint density at radius 3 is 1.75 bits per heavy atom. The monoisotopic (exact) mass is 115 g/mol. The molecule has 0 aromatic rings. The SMILES string of the molecule is [CH2-]C(OC)C(C)(C)C. The highest BCUT2D eigenvalue weighted by molar-refractivity contribution is 4.75. The number of rotatable bonds is 1. The summed E-state index contributed by atoms with van der Waals surface area (Å²) in [5.74, 6) is 0. The molecule has 0 N–H and O–H groups in total. The Hall–Kier alpha value is -0.0400. The normalized spacial score (nSPS) is 16.1. The summed E-state index contributed by atoms with van der Waals surface area (Å²) in [5, 5.41) is 0. The lowest BCUT2D eigenvalue weighted by Crippen LogP contribution is -2.24. The Balaban J connectivity index is 3.62. The largest absolute Gasteiger partial charge is 0.413 e. The minimum Gasteiger partial charge on any atom is -0.413 e. The third kappa shape index (κ3) is 2.31. The van der Waals surface area contributed by atoms with Gasteiger partial charge in [-0.05, 0) is 5.41 Å². The fourth-order valence-corrected chi connectivity index (χ4v) is 0.354. The average Bonchev–Trinajstić information content (AvgIpc) is 1.62. The van der Waals surface area contributed by atoms with Gasteiger partial charge in [0.1, 0.15) is 0 Å². The highest BCUT2D eigenvalue weighted by Crippen LogP contribution is 2.19.